The molecule has 2 aromatic carbocycles. The van der Waals surface area contributed by atoms with Gasteiger partial charge < -0.3 is 19.7 Å². The molecule has 0 aliphatic carbocycles. The molecule has 6 nitrogen and oxygen atoms in total. The van der Waals surface area contributed by atoms with Crippen molar-refractivity contribution in [2.24, 2.45) is 5.92 Å². The van der Waals surface area contributed by atoms with E-state index >= 15 is 0 Å². The summed E-state index contributed by atoms with van der Waals surface area (Å²) in [7, 11) is 3.20. The summed E-state index contributed by atoms with van der Waals surface area (Å²) in [6.45, 7) is 3.72. The van der Waals surface area contributed by atoms with Crippen LogP contribution in [0.25, 0.3) is 10.9 Å². The number of hydrogen-bond acceptors (Lipinski definition) is 5. The second kappa shape index (κ2) is 9.14. The number of ether oxygens (including phenoxy) is 2. The molecule has 1 aliphatic rings. The number of carbonyl (C=O) groups excluding carboxylic acids is 1. The molecular weight excluding hydrogens is 458 g/mol. The van der Waals surface area contributed by atoms with Gasteiger partial charge in [-0.25, -0.2) is 4.98 Å². The number of fused-ring (bicyclic) bond motifs is 1. The van der Waals surface area contributed by atoms with Gasteiger partial charge in [-0.2, -0.15) is 0 Å². The van der Waals surface area contributed by atoms with E-state index in [-0.39, 0.29) is 5.91 Å². The molecule has 31 heavy (non-hydrogen) atoms. The van der Waals surface area contributed by atoms with Gasteiger partial charge >= 0.3 is 0 Å². The molecule has 7 heteroatoms. The number of pyridine rings is 1. The number of carbonyl (C=O) groups is 1. The molecule has 1 atom stereocenters. The van der Waals surface area contributed by atoms with E-state index in [1.165, 1.54) is 0 Å². The van der Waals surface area contributed by atoms with Crippen molar-refractivity contribution in [1.29, 1.82) is 0 Å². The minimum atomic E-state index is -0.0412. The third kappa shape index (κ3) is 4.61. The molecular formula is C24H26BrN3O3. The van der Waals surface area contributed by atoms with Crippen LogP contribution in [0, 0.1) is 5.92 Å². The van der Waals surface area contributed by atoms with Crippen LogP contribution in [-0.2, 0) is 0 Å². The third-order valence-electron chi connectivity index (χ3n) is 5.58. The molecule has 1 aromatic heterocycles. The topological polar surface area (TPSA) is 63.7 Å². The van der Waals surface area contributed by atoms with Crippen molar-refractivity contribution < 1.29 is 14.3 Å². The second-order valence-electron chi connectivity index (χ2n) is 7.91. The van der Waals surface area contributed by atoms with Gasteiger partial charge in [0.2, 0.25) is 0 Å². The number of piperidine rings is 1. The first kappa shape index (κ1) is 21.4. The first-order valence-electron chi connectivity index (χ1n) is 10.4. The van der Waals surface area contributed by atoms with Crippen LogP contribution in [0.1, 0.15) is 30.3 Å². The predicted octanol–water partition coefficient (Wildman–Crippen LogP) is 5.63. The quantitative estimate of drug-likeness (QED) is 0.509. The maximum Gasteiger partial charge on any atom is 0.272 e. The zero-order valence-electron chi connectivity index (χ0n) is 17.9. The van der Waals surface area contributed by atoms with Gasteiger partial charge in [-0.15, -0.1) is 0 Å². The highest BCUT2D eigenvalue weighted by molar-refractivity contribution is 9.10. The number of halogens is 1. The summed E-state index contributed by atoms with van der Waals surface area (Å²) in [4.78, 5) is 19.9. The Morgan fingerprint density at radius 3 is 2.65 bits per heavy atom. The number of methoxy groups -OCH3 is 2. The number of anilines is 2. The lowest BCUT2D eigenvalue weighted by Crippen LogP contribution is -2.39. The third-order valence-corrected chi connectivity index (χ3v) is 6.07. The van der Waals surface area contributed by atoms with Crippen molar-refractivity contribution in [1.82, 2.24) is 9.88 Å². The normalized spacial score (nSPS) is 16.3. The molecule has 1 saturated heterocycles. The van der Waals surface area contributed by atoms with Crippen LogP contribution in [0.5, 0.6) is 11.5 Å². The zero-order valence-corrected chi connectivity index (χ0v) is 19.5. The fraction of sp³-hybridized carbons (Fsp3) is 0.333. The summed E-state index contributed by atoms with van der Waals surface area (Å²) in [5.74, 6) is 1.65. The number of rotatable bonds is 5. The Labute approximate surface area is 190 Å². The van der Waals surface area contributed by atoms with Gasteiger partial charge in [-0.1, -0.05) is 28.9 Å². The Bertz CT molecular complexity index is 1120. The van der Waals surface area contributed by atoms with Crippen LogP contribution in [0.3, 0.4) is 0 Å². The number of nitrogens with one attached hydrogen (secondary N) is 1. The SMILES string of the molecule is COc1cc2nc(C(=O)N3CCCC(C)C3)cc(Nc3cccc(Br)c3)c2cc1OC. The van der Waals surface area contributed by atoms with Crippen molar-refractivity contribution in [2.75, 3.05) is 32.6 Å². The number of amides is 1. The molecule has 2 heterocycles. The Hall–Kier alpha value is -2.80. The molecule has 0 saturated carbocycles. The van der Waals surface area contributed by atoms with Crippen molar-refractivity contribution in [3.8, 4) is 11.5 Å². The largest absolute Gasteiger partial charge is 0.493 e. The molecule has 0 bridgehead atoms. The molecule has 0 radical (unpaired) electrons. The van der Waals surface area contributed by atoms with Gasteiger partial charge in [0, 0.05) is 34.7 Å². The molecule has 4 rings (SSSR count). The van der Waals surface area contributed by atoms with Crippen LogP contribution in [-0.4, -0.2) is 43.1 Å². The molecule has 1 aliphatic heterocycles. The fourth-order valence-electron chi connectivity index (χ4n) is 4.02. The van der Waals surface area contributed by atoms with Crippen LogP contribution in [0.15, 0.2) is 46.9 Å². The molecule has 0 spiro atoms. The van der Waals surface area contributed by atoms with Gasteiger partial charge in [-0.3, -0.25) is 4.79 Å². The highest BCUT2D eigenvalue weighted by atomic mass is 79.9. The second-order valence-corrected chi connectivity index (χ2v) is 8.83. The van der Waals surface area contributed by atoms with Crippen molar-refractivity contribution >= 4 is 44.1 Å². The van der Waals surface area contributed by atoms with Crippen molar-refractivity contribution in [3.05, 3.63) is 52.6 Å². The number of benzene rings is 2. The van der Waals surface area contributed by atoms with Crippen LogP contribution in [0.2, 0.25) is 0 Å². The van der Waals surface area contributed by atoms with Crippen molar-refractivity contribution in [2.45, 2.75) is 19.8 Å². The van der Waals surface area contributed by atoms with E-state index in [4.69, 9.17) is 14.5 Å². The predicted molar refractivity (Wildman–Crippen MR) is 127 cm³/mol. The summed E-state index contributed by atoms with van der Waals surface area (Å²) < 4.78 is 11.9. The van der Waals surface area contributed by atoms with E-state index in [0.717, 1.165) is 47.2 Å². The highest BCUT2D eigenvalue weighted by Crippen LogP contribution is 2.36. The van der Waals surface area contributed by atoms with E-state index in [9.17, 15) is 4.79 Å². The number of hydrogen-bond donors (Lipinski definition) is 1. The van der Waals surface area contributed by atoms with Gasteiger partial charge in [0.15, 0.2) is 11.5 Å². The number of nitrogens with zero attached hydrogens (tertiary/aromatic N) is 2. The van der Waals surface area contributed by atoms with Gasteiger partial charge in [0.05, 0.1) is 25.4 Å². The van der Waals surface area contributed by atoms with Gasteiger partial charge in [0.25, 0.3) is 5.91 Å². The Morgan fingerprint density at radius 1 is 1.16 bits per heavy atom. The summed E-state index contributed by atoms with van der Waals surface area (Å²) in [6.07, 6.45) is 2.18. The standard InChI is InChI=1S/C24H26BrN3O3/c1-15-6-5-9-28(14-15)24(29)21-12-19(26-17-8-4-7-16(25)10-17)18-11-22(30-2)23(31-3)13-20(18)27-21/h4,7-8,10-13,15H,5-6,9,14H2,1-3H3,(H,26,27). The molecule has 162 valence electrons. The summed E-state index contributed by atoms with van der Waals surface area (Å²) in [6, 6.07) is 13.4. The summed E-state index contributed by atoms with van der Waals surface area (Å²) in [5, 5.41) is 4.29. The minimum Gasteiger partial charge on any atom is -0.493 e. The molecule has 1 N–H and O–H groups in total. The first-order valence-corrected chi connectivity index (χ1v) is 11.2. The monoisotopic (exact) mass is 483 g/mol. The minimum absolute atomic E-state index is 0.0412. The smallest absolute Gasteiger partial charge is 0.272 e. The van der Waals surface area contributed by atoms with Crippen LogP contribution in [0.4, 0.5) is 11.4 Å². The van der Waals surface area contributed by atoms with E-state index < -0.39 is 0 Å². The van der Waals surface area contributed by atoms with E-state index in [1.807, 2.05) is 47.4 Å². The maximum absolute atomic E-state index is 13.3. The fourth-order valence-corrected chi connectivity index (χ4v) is 4.42. The lowest BCUT2D eigenvalue weighted by Gasteiger charge is -2.30. The number of likely N-dealkylation sites (tertiary alicyclic amines) is 1. The average Bonchev–Trinajstić information content (AvgIpc) is 2.77. The molecule has 3 aromatic rings. The molecule has 1 fully saturated rings. The Balaban J connectivity index is 1.82. The lowest BCUT2D eigenvalue weighted by atomic mass is 10.00. The molecule has 1 unspecified atom stereocenters. The average molecular weight is 484 g/mol. The first-order chi connectivity index (χ1) is 15.0. The zero-order chi connectivity index (χ0) is 22.0. The highest BCUT2D eigenvalue weighted by Gasteiger charge is 2.24. The summed E-state index contributed by atoms with van der Waals surface area (Å²) in [5.41, 5.74) is 2.79. The summed E-state index contributed by atoms with van der Waals surface area (Å²) >= 11 is 3.51. The van der Waals surface area contributed by atoms with Gasteiger partial charge in [0.1, 0.15) is 5.69 Å². The van der Waals surface area contributed by atoms with E-state index in [1.54, 1.807) is 14.2 Å². The van der Waals surface area contributed by atoms with Crippen LogP contribution < -0.4 is 14.8 Å². The van der Waals surface area contributed by atoms with Gasteiger partial charge in [-0.05, 0) is 49.1 Å². The van der Waals surface area contributed by atoms with Crippen LogP contribution >= 0.6 is 15.9 Å². The maximum atomic E-state index is 13.3. The lowest BCUT2D eigenvalue weighted by molar-refractivity contribution is 0.0677. The Kier molecular flexibility index (Phi) is 6.32. The van der Waals surface area contributed by atoms with Crippen molar-refractivity contribution in [3.63, 3.8) is 0 Å². The van der Waals surface area contributed by atoms with E-state index in [0.29, 0.717) is 28.6 Å². The molecule has 1 amide bonds. The Morgan fingerprint density at radius 2 is 1.94 bits per heavy atom. The number of aromatic nitrogens is 1. The van der Waals surface area contributed by atoms with E-state index in [2.05, 4.69) is 28.2 Å².